The molecular weight excluding hydrogens is 408 g/mol. The molecule has 1 aliphatic rings. The maximum atomic E-state index is 12.9. The second kappa shape index (κ2) is 9.04. The molecule has 0 bridgehead atoms. The zero-order chi connectivity index (χ0) is 21.8. The highest BCUT2D eigenvalue weighted by Crippen LogP contribution is 2.26. The molecule has 0 radical (unpaired) electrons. The van der Waals surface area contributed by atoms with Crippen molar-refractivity contribution in [1.82, 2.24) is 4.31 Å². The number of carbonyl (C=O) groups excluding carboxylic acids is 1. The Hall–Kier alpha value is -2.96. The maximum Gasteiger partial charge on any atom is 0.243 e. The van der Waals surface area contributed by atoms with Gasteiger partial charge in [-0.3, -0.25) is 4.79 Å². The normalized spacial score (nSPS) is 14.5. The Bertz CT molecular complexity index is 1170. The van der Waals surface area contributed by atoms with Crippen molar-refractivity contribution in [1.29, 1.82) is 0 Å². The molecule has 31 heavy (non-hydrogen) atoms. The lowest BCUT2D eigenvalue weighted by Crippen LogP contribution is -2.28. The van der Waals surface area contributed by atoms with Crippen molar-refractivity contribution in [3.63, 3.8) is 0 Å². The number of aryl methyl sites for hydroxylation is 1. The Morgan fingerprint density at radius 2 is 1.55 bits per heavy atom. The SMILES string of the molecule is Cc1ccc(NC(=O)Cc2ccc(-c3ccccc3)cc2)cc1S(=O)(=O)N1CCCC1. The number of carbonyl (C=O) groups is 1. The van der Waals surface area contributed by atoms with E-state index in [0.717, 1.165) is 29.5 Å². The molecule has 1 saturated heterocycles. The lowest BCUT2D eigenvalue weighted by atomic mass is 10.0. The van der Waals surface area contributed by atoms with Crippen LogP contribution < -0.4 is 5.32 Å². The van der Waals surface area contributed by atoms with E-state index in [-0.39, 0.29) is 17.2 Å². The minimum absolute atomic E-state index is 0.180. The lowest BCUT2D eigenvalue weighted by molar-refractivity contribution is -0.115. The highest BCUT2D eigenvalue weighted by molar-refractivity contribution is 7.89. The van der Waals surface area contributed by atoms with Crippen molar-refractivity contribution in [3.8, 4) is 11.1 Å². The van der Waals surface area contributed by atoms with E-state index in [1.54, 1.807) is 25.1 Å². The van der Waals surface area contributed by atoms with Gasteiger partial charge < -0.3 is 5.32 Å². The van der Waals surface area contributed by atoms with Gasteiger partial charge >= 0.3 is 0 Å². The molecule has 0 unspecified atom stereocenters. The number of nitrogens with one attached hydrogen (secondary N) is 1. The first-order chi connectivity index (χ1) is 14.9. The van der Waals surface area contributed by atoms with Crippen molar-refractivity contribution in [3.05, 3.63) is 83.9 Å². The van der Waals surface area contributed by atoms with Crippen LogP contribution in [-0.2, 0) is 21.2 Å². The molecule has 0 spiro atoms. The molecular formula is C25H26N2O3S. The summed E-state index contributed by atoms with van der Waals surface area (Å²) in [7, 11) is -3.54. The molecule has 5 nitrogen and oxygen atoms in total. The molecule has 0 aromatic heterocycles. The van der Waals surface area contributed by atoms with Gasteiger partial charge in [-0.25, -0.2) is 8.42 Å². The number of hydrogen-bond donors (Lipinski definition) is 1. The molecule has 3 aromatic rings. The van der Waals surface area contributed by atoms with Crippen molar-refractivity contribution < 1.29 is 13.2 Å². The number of benzene rings is 3. The fraction of sp³-hybridized carbons (Fsp3) is 0.240. The predicted octanol–water partition coefficient (Wildman–Crippen LogP) is 4.63. The standard InChI is InChI=1S/C25H26N2O3S/c1-19-9-14-23(18-24(19)31(29,30)27-15-5-6-16-27)26-25(28)17-20-10-12-22(13-11-20)21-7-3-2-4-8-21/h2-4,7-14,18H,5-6,15-17H2,1H3,(H,26,28). The minimum Gasteiger partial charge on any atom is -0.326 e. The second-order valence-corrected chi connectivity index (χ2v) is 9.79. The molecule has 0 atom stereocenters. The molecule has 1 aliphatic heterocycles. The Balaban J connectivity index is 1.45. The second-order valence-electron chi connectivity index (χ2n) is 7.88. The van der Waals surface area contributed by atoms with Gasteiger partial charge in [0, 0.05) is 18.8 Å². The van der Waals surface area contributed by atoms with E-state index in [9.17, 15) is 13.2 Å². The maximum absolute atomic E-state index is 12.9. The summed E-state index contributed by atoms with van der Waals surface area (Å²) in [6, 6.07) is 23.0. The van der Waals surface area contributed by atoms with Gasteiger partial charge in [-0.15, -0.1) is 0 Å². The minimum atomic E-state index is -3.54. The van der Waals surface area contributed by atoms with Crippen LogP contribution >= 0.6 is 0 Å². The van der Waals surface area contributed by atoms with E-state index in [4.69, 9.17) is 0 Å². The van der Waals surface area contributed by atoms with E-state index in [2.05, 4.69) is 5.32 Å². The van der Waals surface area contributed by atoms with E-state index in [0.29, 0.717) is 24.3 Å². The Morgan fingerprint density at radius 1 is 0.903 bits per heavy atom. The van der Waals surface area contributed by atoms with E-state index < -0.39 is 10.0 Å². The highest BCUT2D eigenvalue weighted by Gasteiger charge is 2.28. The van der Waals surface area contributed by atoms with Crippen LogP contribution in [0.1, 0.15) is 24.0 Å². The summed E-state index contributed by atoms with van der Waals surface area (Å²) in [5.74, 6) is -0.180. The number of hydrogen-bond acceptors (Lipinski definition) is 3. The summed E-state index contributed by atoms with van der Waals surface area (Å²) in [6.07, 6.45) is 1.99. The number of nitrogens with zero attached hydrogens (tertiary/aromatic N) is 1. The third-order valence-electron chi connectivity index (χ3n) is 5.58. The summed E-state index contributed by atoms with van der Waals surface area (Å²) >= 11 is 0. The third-order valence-corrected chi connectivity index (χ3v) is 7.62. The zero-order valence-corrected chi connectivity index (χ0v) is 18.4. The molecule has 3 aromatic carbocycles. The number of sulfonamides is 1. The summed E-state index contributed by atoms with van der Waals surface area (Å²) < 4.78 is 27.4. The van der Waals surface area contributed by atoms with Crippen molar-refractivity contribution in [2.75, 3.05) is 18.4 Å². The van der Waals surface area contributed by atoms with Crippen LogP contribution in [0.15, 0.2) is 77.7 Å². The van der Waals surface area contributed by atoms with Gasteiger partial charge in [0.15, 0.2) is 0 Å². The average molecular weight is 435 g/mol. The van der Waals surface area contributed by atoms with Gasteiger partial charge in [-0.2, -0.15) is 4.31 Å². The first kappa shape index (κ1) is 21.3. The van der Waals surface area contributed by atoms with Gasteiger partial charge in [-0.05, 0) is 54.2 Å². The molecule has 1 N–H and O–H groups in total. The van der Waals surface area contributed by atoms with Crippen molar-refractivity contribution in [2.45, 2.75) is 31.1 Å². The van der Waals surface area contributed by atoms with Crippen LogP contribution in [0.25, 0.3) is 11.1 Å². The number of amides is 1. The first-order valence-electron chi connectivity index (χ1n) is 10.5. The largest absolute Gasteiger partial charge is 0.326 e. The van der Waals surface area contributed by atoms with Gasteiger partial charge in [0.2, 0.25) is 15.9 Å². The van der Waals surface area contributed by atoms with Crippen LogP contribution in [0.4, 0.5) is 5.69 Å². The molecule has 1 amide bonds. The quantitative estimate of drug-likeness (QED) is 0.615. The van der Waals surface area contributed by atoms with Crippen LogP contribution in [0.5, 0.6) is 0 Å². The Morgan fingerprint density at radius 3 is 2.23 bits per heavy atom. The zero-order valence-electron chi connectivity index (χ0n) is 17.5. The van der Waals surface area contributed by atoms with Crippen LogP contribution in [-0.4, -0.2) is 31.7 Å². The first-order valence-corrected chi connectivity index (χ1v) is 11.9. The molecule has 1 fully saturated rings. The molecule has 4 rings (SSSR count). The van der Waals surface area contributed by atoms with Gasteiger partial charge in [-0.1, -0.05) is 60.7 Å². The van der Waals surface area contributed by atoms with Crippen molar-refractivity contribution in [2.24, 2.45) is 0 Å². The third kappa shape index (κ3) is 4.86. The molecule has 6 heteroatoms. The van der Waals surface area contributed by atoms with E-state index >= 15 is 0 Å². The molecule has 1 heterocycles. The van der Waals surface area contributed by atoms with Crippen LogP contribution in [0.2, 0.25) is 0 Å². The summed E-state index contributed by atoms with van der Waals surface area (Å²) in [4.78, 5) is 12.8. The highest BCUT2D eigenvalue weighted by atomic mass is 32.2. The van der Waals surface area contributed by atoms with Gasteiger partial charge in [0.05, 0.1) is 11.3 Å². The van der Waals surface area contributed by atoms with Crippen molar-refractivity contribution >= 4 is 21.6 Å². The van der Waals surface area contributed by atoms with Gasteiger partial charge in [0.25, 0.3) is 0 Å². The summed E-state index contributed by atoms with van der Waals surface area (Å²) in [5.41, 5.74) is 4.30. The lowest BCUT2D eigenvalue weighted by Gasteiger charge is -2.18. The Kier molecular flexibility index (Phi) is 6.20. The van der Waals surface area contributed by atoms with Crippen LogP contribution in [0, 0.1) is 6.92 Å². The van der Waals surface area contributed by atoms with Gasteiger partial charge in [0.1, 0.15) is 0 Å². The predicted molar refractivity (Wildman–Crippen MR) is 123 cm³/mol. The van der Waals surface area contributed by atoms with E-state index in [1.165, 1.54) is 4.31 Å². The fourth-order valence-corrected chi connectivity index (χ4v) is 5.63. The fourth-order valence-electron chi connectivity index (χ4n) is 3.86. The summed E-state index contributed by atoms with van der Waals surface area (Å²) in [6.45, 7) is 2.89. The summed E-state index contributed by atoms with van der Waals surface area (Å²) in [5, 5.41) is 2.85. The monoisotopic (exact) mass is 434 g/mol. The topological polar surface area (TPSA) is 66.5 Å². The van der Waals surface area contributed by atoms with Crippen LogP contribution in [0.3, 0.4) is 0 Å². The Labute approximate surface area is 183 Å². The number of anilines is 1. The molecule has 0 saturated carbocycles. The van der Waals surface area contributed by atoms with E-state index in [1.807, 2.05) is 54.6 Å². The smallest absolute Gasteiger partial charge is 0.243 e. The molecule has 160 valence electrons. The average Bonchev–Trinajstić information content (AvgIpc) is 3.32. The number of rotatable bonds is 6. The molecule has 0 aliphatic carbocycles.